The number of benzene rings is 1. The standard InChI is InChI=1S/C11H13FO2/c1-7(2)11(13)9-6-8(14-3)4-5-10(9)12/h4-7H,1-3H3. The van der Waals surface area contributed by atoms with Crippen molar-refractivity contribution >= 4 is 5.78 Å². The van der Waals surface area contributed by atoms with Gasteiger partial charge in [0.15, 0.2) is 5.78 Å². The molecule has 0 aliphatic heterocycles. The molecule has 0 N–H and O–H groups in total. The van der Waals surface area contributed by atoms with E-state index < -0.39 is 5.82 Å². The lowest BCUT2D eigenvalue weighted by atomic mass is 10.0. The van der Waals surface area contributed by atoms with Crippen molar-refractivity contribution in [2.24, 2.45) is 5.92 Å². The van der Waals surface area contributed by atoms with Crippen LogP contribution in [0.1, 0.15) is 24.2 Å². The molecule has 0 bridgehead atoms. The van der Waals surface area contributed by atoms with Gasteiger partial charge in [-0.3, -0.25) is 4.79 Å². The largest absolute Gasteiger partial charge is 0.497 e. The van der Waals surface area contributed by atoms with E-state index in [1.54, 1.807) is 13.8 Å². The first kappa shape index (κ1) is 10.7. The molecule has 0 heterocycles. The van der Waals surface area contributed by atoms with Gasteiger partial charge in [-0.15, -0.1) is 0 Å². The Morgan fingerprint density at radius 2 is 2.07 bits per heavy atom. The number of ketones is 1. The molecule has 1 aromatic carbocycles. The lowest BCUT2D eigenvalue weighted by Gasteiger charge is -2.07. The summed E-state index contributed by atoms with van der Waals surface area (Å²) in [5, 5.41) is 0. The lowest BCUT2D eigenvalue weighted by Crippen LogP contribution is -2.09. The summed E-state index contributed by atoms with van der Waals surface area (Å²) in [5.74, 6) is -0.419. The van der Waals surface area contributed by atoms with E-state index >= 15 is 0 Å². The quantitative estimate of drug-likeness (QED) is 0.695. The van der Waals surface area contributed by atoms with Crippen molar-refractivity contribution in [2.45, 2.75) is 13.8 Å². The maximum absolute atomic E-state index is 13.2. The van der Waals surface area contributed by atoms with Crippen molar-refractivity contribution < 1.29 is 13.9 Å². The Hall–Kier alpha value is -1.38. The maximum atomic E-state index is 13.2. The predicted molar refractivity (Wildman–Crippen MR) is 52.1 cm³/mol. The van der Waals surface area contributed by atoms with Gasteiger partial charge in [0.2, 0.25) is 0 Å². The molecule has 1 aromatic rings. The second kappa shape index (κ2) is 4.22. The van der Waals surface area contributed by atoms with Crippen LogP contribution in [0.15, 0.2) is 18.2 Å². The minimum absolute atomic E-state index is 0.0966. The molecule has 14 heavy (non-hydrogen) atoms. The van der Waals surface area contributed by atoms with Crippen molar-refractivity contribution in [3.05, 3.63) is 29.6 Å². The number of halogens is 1. The van der Waals surface area contributed by atoms with Crippen molar-refractivity contribution in [3.63, 3.8) is 0 Å². The number of carbonyl (C=O) groups is 1. The fourth-order valence-corrected chi connectivity index (χ4v) is 1.13. The molecule has 76 valence electrons. The molecule has 0 fully saturated rings. The molecule has 0 amide bonds. The number of methoxy groups -OCH3 is 1. The van der Waals surface area contributed by atoms with Crippen LogP contribution in [-0.2, 0) is 0 Å². The third-order valence-electron chi connectivity index (χ3n) is 1.96. The molecule has 0 saturated carbocycles. The highest BCUT2D eigenvalue weighted by Crippen LogP contribution is 2.19. The van der Waals surface area contributed by atoms with E-state index in [1.165, 1.54) is 25.3 Å². The first-order valence-electron chi connectivity index (χ1n) is 4.44. The van der Waals surface area contributed by atoms with Crippen molar-refractivity contribution in [3.8, 4) is 5.75 Å². The fraction of sp³-hybridized carbons (Fsp3) is 0.364. The normalized spacial score (nSPS) is 10.4. The van der Waals surface area contributed by atoms with Crippen LogP contribution in [0, 0.1) is 11.7 Å². The zero-order chi connectivity index (χ0) is 10.7. The van der Waals surface area contributed by atoms with Crippen LogP contribution in [0.5, 0.6) is 5.75 Å². The smallest absolute Gasteiger partial charge is 0.168 e. The van der Waals surface area contributed by atoms with Gasteiger partial charge in [0.1, 0.15) is 11.6 Å². The molecule has 0 saturated heterocycles. The minimum atomic E-state index is -0.496. The third kappa shape index (κ3) is 2.10. The minimum Gasteiger partial charge on any atom is -0.497 e. The van der Waals surface area contributed by atoms with Gasteiger partial charge in [0.25, 0.3) is 0 Å². The fourth-order valence-electron chi connectivity index (χ4n) is 1.13. The predicted octanol–water partition coefficient (Wildman–Crippen LogP) is 2.67. The van der Waals surface area contributed by atoms with Crippen LogP contribution in [0.3, 0.4) is 0 Å². The summed E-state index contributed by atoms with van der Waals surface area (Å²) in [4.78, 5) is 11.5. The SMILES string of the molecule is COc1ccc(F)c(C(=O)C(C)C)c1. The Balaban J connectivity index is 3.12. The van der Waals surface area contributed by atoms with E-state index in [4.69, 9.17) is 4.74 Å². The summed E-state index contributed by atoms with van der Waals surface area (Å²) in [6.45, 7) is 3.47. The molecular weight excluding hydrogens is 183 g/mol. The van der Waals surface area contributed by atoms with Crippen molar-refractivity contribution in [2.75, 3.05) is 7.11 Å². The molecular formula is C11H13FO2. The number of carbonyl (C=O) groups excluding carboxylic acids is 1. The highest BCUT2D eigenvalue weighted by Gasteiger charge is 2.15. The van der Waals surface area contributed by atoms with E-state index in [0.717, 1.165) is 0 Å². The van der Waals surface area contributed by atoms with Gasteiger partial charge >= 0.3 is 0 Å². The Morgan fingerprint density at radius 1 is 1.43 bits per heavy atom. The Labute approximate surface area is 82.7 Å². The zero-order valence-corrected chi connectivity index (χ0v) is 8.50. The summed E-state index contributed by atoms with van der Waals surface area (Å²) in [5.41, 5.74) is 0.0966. The molecule has 0 aromatic heterocycles. The van der Waals surface area contributed by atoms with Gasteiger partial charge in [0.05, 0.1) is 12.7 Å². The third-order valence-corrected chi connectivity index (χ3v) is 1.96. The average molecular weight is 196 g/mol. The molecule has 0 spiro atoms. The van der Waals surface area contributed by atoms with Crippen LogP contribution in [0.2, 0.25) is 0 Å². The Kier molecular flexibility index (Phi) is 3.23. The van der Waals surface area contributed by atoms with Crippen LogP contribution in [0.25, 0.3) is 0 Å². The molecule has 0 radical (unpaired) electrons. The second-order valence-electron chi connectivity index (χ2n) is 3.36. The van der Waals surface area contributed by atoms with Gasteiger partial charge in [-0.2, -0.15) is 0 Å². The molecule has 0 aliphatic carbocycles. The second-order valence-corrected chi connectivity index (χ2v) is 3.36. The van der Waals surface area contributed by atoms with Gasteiger partial charge in [-0.25, -0.2) is 4.39 Å². The van der Waals surface area contributed by atoms with E-state index in [1.807, 2.05) is 0 Å². The molecule has 0 unspecified atom stereocenters. The molecule has 1 rings (SSSR count). The summed E-state index contributed by atoms with van der Waals surface area (Å²) in [6, 6.07) is 4.17. The average Bonchev–Trinajstić information content (AvgIpc) is 2.17. The van der Waals surface area contributed by atoms with Gasteiger partial charge in [-0.1, -0.05) is 13.8 Å². The molecule has 0 atom stereocenters. The Morgan fingerprint density at radius 3 is 2.57 bits per heavy atom. The van der Waals surface area contributed by atoms with Gasteiger partial charge in [-0.05, 0) is 18.2 Å². The number of hydrogen-bond donors (Lipinski definition) is 0. The summed E-state index contributed by atoms with van der Waals surface area (Å²) < 4.78 is 18.2. The first-order chi connectivity index (χ1) is 6.56. The van der Waals surface area contributed by atoms with E-state index in [-0.39, 0.29) is 17.3 Å². The maximum Gasteiger partial charge on any atom is 0.168 e. The van der Waals surface area contributed by atoms with Crippen LogP contribution in [-0.4, -0.2) is 12.9 Å². The molecule has 0 aliphatic rings. The number of ether oxygens (including phenoxy) is 1. The highest BCUT2D eigenvalue weighted by molar-refractivity contribution is 5.98. The van der Waals surface area contributed by atoms with E-state index in [2.05, 4.69) is 0 Å². The number of rotatable bonds is 3. The van der Waals surface area contributed by atoms with E-state index in [0.29, 0.717) is 5.75 Å². The molecule has 3 heteroatoms. The number of Topliss-reactive ketones (excluding diaryl/α,β-unsaturated/α-hetero) is 1. The monoisotopic (exact) mass is 196 g/mol. The van der Waals surface area contributed by atoms with Crippen LogP contribution < -0.4 is 4.74 Å². The van der Waals surface area contributed by atoms with Gasteiger partial charge in [0, 0.05) is 5.92 Å². The van der Waals surface area contributed by atoms with Crippen molar-refractivity contribution in [1.29, 1.82) is 0 Å². The Bertz CT molecular complexity index is 345. The summed E-state index contributed by atoms with van der Waals surface area (Å²) in [7, 11) is 1.48. The highest BCUT2D eigenvalue weighted by atomic mass is 19.1. The topological polar surface area (TPSA) is 26.3 Å². The van der Waals surface area contributed by atoms with Crippen LogP contribution >= 0.6 is 0 Å². The van der Waals surface area contributed by atoms with Crippen molar-refractivity contribution in [1.82, 2.24) is 0 Å². The van der Waals surface area contributed by atoms with E-state index in [9.17, 15) is 9.18 Å². The van der Waals surface area contributed by atoms with Gasteiger partial charge < -0.3 is 4.74 Å². The molecule has 2 nitrogen and oxygen atoms in total. The summed E-state index contributed by atoms with van der Waals surface area (Å²) >= 11 is 0. The van der Waals surface area contributed by atoms with Crippen LogP contribution in [0.4, 0.5) is 4.39 Å². The number of hydrogen-bond acceptors (Lipinski definition) is 2. The lowest BCUT2D eigenvalue weighted by molar-refractivity contribution is 0.0935. The summed E-state index contributed by atoms with van der Waals surface area (Å²) in [6.07, 6.45) is 0. The first-order valence-corrected chi connectivity index (χ1v) is 4.44. The zero-order valence-electron chi connectivity index (χ0n) is 8.50.